The van der Waals surface area contributed by atoms with Crippen molar-refractivity contribution in [1.82, 2.24) is 10.6 Å². The number of amides is 1. The summed E-state index contributed by atoms with van der Waals surface area (Å²) >= 11 is 5.77. The van der Waals surface area contributed by atoms with Crippen molar-refractivity contribution in [3.05, 3.63) is 35.9 Å². The number of nitrogens with one attached hydrogen (secondary N) is 2. The summed E-state index contributed by atoms with van der Waals surface area (Å²) in [5.41, 5.74) is 1.17. The van der Waals surface area contributed by atoms with Crippen LogP contribution in [0.1, 0.15) is 45.1 Å². The van der Waals surface area contributed by atoms with Gasteiger partial charge < -0.3 is 25.2 Å². The van der Waals surface area contributed by atoms with Gasteiger partial charge in [0.15, 0.2) is 0 Å². The molecule has 1 saturated heterocycles. The van der Waals surface area contributed by atoms with Gasteiger partial charge in [-0.25, -0.2) is 4.79 Å². The minimum absolute atomic E-state index is 0.121. The van der Waals surface area contributed by atoms with E-state index in [4.69, 9.17) is 21.1 Å². The number of hydrogen-bond acceptors (Lipinski definition) is 5. The van der Waals surface area contributed by atoms with Crippen molar-refractivity contribution in [3.8, 4) is 0 Å². The Morgan fingerprint density at radius 3 is 2.77 bits per heavy atom. The number of alkyl carbamates (subject to hydrolysis) is 1. The summed E-state index contributed by atoms with van der Waals surface area (Å²) in [6, 6.07) is 9.39. The van der Waals surface area contributed by atoms with E-state index in [0.717, 1.165) is 31.4 Å². The smallest absolute Gasteiger partial charge is 0.407 e. The number of halogens is 1. The molecule has 1 amide bonds. The number of ether oxygens (including phenoxy) is 2. The Balaban J connectivity index is 1.87. The van der Waals surface area contributed by atoms with Crippen molar-refractivity contribution >= 4 is 17.7 Å². The van der Waals surface area contributed by atoms with Crippen LogP contribution in [0.4, 0.5) is 4.79 Å². The normalized spacial score (nSPS) is 18.7. The van der Waals surface area contributed by atoms with Crippen LogP contribution in [0.5, 0.6) is 0 Å². The lowest BCUT2D eigenvalue weighted by Gasteiger charge is -2.28. The second-order valence-corrected chi connectivity index (χ2v) is 9.22. The maximum atomic E-state index is 12.4. The van der Waals surface area contributed by atoms with Crippen molar-refractivity contribution in [2.45, 2.75) is 64.2 Å². The highest BCUT2D eigenvalue weighted by Gasteiger charge is 2.26. The van der Waals surface area contributed by atoms with Gasteiger partial charge in [-0.3, -0.25) is 0 Å². The van der Waals surface area contributed by atoms with Crippen molar-refractivity contribution in [2.75, 3.05) is 32.2 Å². The van der Waals surface area contributed by atoms with Crippen LogP contribution in [0.15, 0.2) is 30.3 Å². The number of carbonyl (C=O) groups excluding carboxylic acids is 1. The van der Waals surface area contributed by atoms with E-state index >= 15 is 0 Å². The van der Waals surface area contributed by atoms with Crippen molar-refractivity contribution < 1.29 is 19.4 Å². The van der Waals surface area contributed by atoms with E-state index in [9.17, 15) is 9.90 Å². The molecule has 3 N–H and O–H groups in total. The van der Waals surface area contributed by atoms with Crippen LogP contribution in [0.3, 0.4) is 0 Å². The molecule has 1 aliphatic rings. The van der Waals surface area contributed by atoms with E-state index in [1.54, 1.807) is 0 Å². The summed E-state index contributed by atoms with van der Waals surface area (Å²) in [7, 11) is 0. The van der Waals surface area contributed by atoms with E-state index in [1.807, 2.05) is 30.3 Å². The molecule has 0 spiro atoms. The molecule has 0 unspecified atom stereocenters. The average Bonchev–Trinajstić information content (AvgIpc) is 3.21. The minimum atomic E-state index is -0.740. The van der Waals surface area contributed by atoms with E-state index in [1.165, 1.54) is 0 Å². The maximum Gasteiger partial charge on any atom is 0.407 e. The average molecular weight is 441 g/mol. The van der Waals surface area contributed by atoms with Gasteiger partial charge >= 0.3 is 6.09 Å². The SMILES string of the molecule is CC(C)(CCCCCl)CNC[C@@H](O)[C@H](Cc1ccccc1)NC(=O)O[C@H]1CCOC1. The predicted octanol–water partition coefficient (Wildman–Crippen LogP) is 3.50. The van der Waals surface area contributed by atoms with Gasteiger partial charge in [0, 0.05) is 25.4 Å². The van der Waals surface area contributed by atoms with Crippen LogP contribution in [-0.4, -0.2) is 61.6 Å². The number of aliphatic hydroxyl groups is 1. The minimum Gasteiger partial charge on any atom is -0.444 e. The second kappa shape index (κ2) is 13.2. The fourth-order valence-corrected chi connectivity index (χ4v) is 3.77. The van der Waals surface area contributed by atoms with Crippen LogP contribution in [0.2, 0.25) is 0 Å². The standard InChI is InChI=1S/C23H37ClN2O4/c1-23(2,11-6-7-12-24)17-25-15-21(27)20(14-18-8-4-3-5-9-18)26-22(28)30-19-10-13-29-16-19/h3-5,8-9,19-21,25,27H,6-7,10-17H2,1-2H3,(H,26,28)/t19-,20-,21+/m0/s1. The Morgan fingerprint density at radius 1 is 1.33 bits per heavy atom. The fourth-order valence-electron chi connectivity index (χ4n) is 3.58. The van der Waals surface area contributed by atoms with Gasteiger partial charge in [-0.2, -0.15) is 0 Å². The molecule has 1 fully saturated rings. The molecular formula is C23H37ClN2O4. The van der Waals surface area contributed by atoms with E-state index in [-0.39, 0.29) is 11.5 Å². The molecule has 30 heavy (non-hydrogen) atoms. The van der Waals surface area contributed by atoms with Gasteiger partial charge in [-0.05, 0) is 30.2 Å². The Hall–Kier alpha value is -1.34. The van der Waals surface area contributed by atoms with Gasteiger partial charge in [-0.15, -0.1) is 11.6 Å². The first kappa shape index (κ1) is 24.9. The number of hydrogen-bond donors (Lipinski definition) is 3. The van der Waals surface area contributed by atoms with Crippen LogP contribution < -0.4 is 10.6 Å². The fraction of sp³-hybridized carbons (Fsp3) is 0.696. The Morgan fingerprint density at radius 2 is 2.10 bits per heavy atom. The Bertz CT molecular complexity index is 608. The van der Waals surface area contributed by atoms with Gasteiger partial charge in [0.1, 0.15) is 6.10 Å². The second-order valence-electron chi connectivity index (χ2n) is 8.84. The lowest BCUT2D eigenvalue weighted by molar-refractivity contribution is 0.0684. The largest absolute Gasteiger partial charge is 0.444 e. The highest BCUT2D eigenvalue weighted by atomic mass is 35.5. The van der Waals surface area contributed by atoms with Gasteiger partial charge in [0.2, 0.25) is 0 Å². The van der Waals surface area contributed by atoms with Crippen LogP contribution in [-0.2, 0) is 15.9 Å². The number of benzene rings is 1. The van der Waals surface area contributed by atoms with Gasteiger partial charge in [0.25, 0.3) is 0 Å². The van der Waals surface area contributed by atoms with E-state index in [2.05, 4.69) is 24.5 Å². The zero-order valence-corrected chi connectivity index (χ0v) is 19.0. The lowest BCUT2D eigenvalue weighted by atomic mass is 9.87. The molecule has 0 aliphatic carbocycles. The Labute approximate surface area is 185 Å². The first-order valence-corrected chi connectivity index (χ1v) is 11.5. The van der Waals surface area contributed by atoms with Crippen molar-refractivity contribution in [3.63, 3.8) is 0 Å². The van der Waals surface area contributed by atoms with Crippen molar-refractivity contribution in [1.29, 1.82) is 0 Å². The monoisotopic (exact) mass is 440 g/mol. The molecule has 7 heteroatoms. The summed E-state index contributed by atoms with van der Waals surface area (Å²) in [5.74, 6) is 0.693. The number of unbranched alkanes of at least 4 members (excludes halogenated alkanes) is 1. The molecular weight excluding hydrogens is 404 g/mol. The quantitative estimate of drug-likeness (QED) is 0.323. The topological polar surface area (TPSA) is 79.8 Å². The zero-order chi connectivity index (χ0) is 21.8. The van der Waals surface area contributed by atoms with Crippen LogP contribution >= 0.6 is 11.6 Å². The number of rotatable bonds is 13. The molecule has 0 saturated carbocycles. The summed E-state index contributed by atoms with van der Waals surface area (Å²) < 4.78 is 10.7. The predicted molar refractivity (Wildman–Crippen MR) is 120 cm³/mol. The third-order valence-corrected chi connectivity index (χ3v) is 5.69. The highest BCUT2D eigenvalue weighted by molar-refractivity contribution is 6.17. The highest BCUT2D eigenvalue weighted by Crippen LogP contribution is 2.22. The van der Waals surface area contributed by atoms with E-state index < -0.39 is 18.2 Å². The molecule has 170 valence electrons. The van der Waals surface area contributed by atoms with Gasteiger partial charge in [0.05, 0.1) is 25.4 Å². The lowest BCUT2D eigenvalue weighted by Crippen LogP contribution is -2.50. The molecule has 1 heterocycles. The molecule has 1 aromatic carbocycles. The third-order valence-electron chi connectivity index (χ3n) is 5.42. The number of carbonyl (C=O) groups is 1. The number of aliphatic hydroxyl groups excluding tert-OH is 1. The first-order chi connectivity index (χ1) is 14.4. The molecule has 6 nitrogen and oxygen atoms in total. The maximum absolute atomic E-state index is 12.4. The number of alkyl halides is 1. The summed E-state index contributed by atoms with van der Waals surface area (Å²) in [6.07, 6.45) is 2.96. The van der Waals surface area contributed by atoms with Crippen LogP contribution in [0.25, 0.3) is 0 Å². The van der Waals surface area contributed by atoms with Crippen LogP contribution in [0, 0.1) is 5.41 Å². The van der Waals surface area contributed by atoms with Gasteiger partial charge in [-0.1, -0.05) is 50.6 Å². The molecule has 0 bridgehead atoms. The molecule has 1 aromatic rings. The molecule has 2 rings (SSSR count). The Kier molecular flexibility index (Phi) is 10.9. The summed E-state index contributed by atoms with van der Waals surface area (Å²) in [5, 5.41) is 17.0. The molecule has 0 radical (unpaired) electrons. The molecule has 1 aliphatic heterocycles. The van der Waals surface area contributed by atoms with E-state index in [0.29, 0.717) is 38.5 Å². The zero-order valence-electron chi connectivity index (χ0n) is 18.2. The molecule has 0 aromatic heterocycles. The third kappa shape index (κ3) is 9.65. The molecule has 3 atom stereocenters. The summed E-state index contributed by atoms with van der Waals surface area (Å²) in [4.78, 5) is 12.4. The van der Waals surface area contributed by atoms with Crippen molar-refractivity contribution in [2.24, 2.45) is 5.41 Å². The summed E-state index contributed by atoms with van der Waals surface area (Å²) in [6.45, 7) is 6.64. The first-order valence-electron chi connectivity index (χ1n) is 10.9.